The maximum atomic E-state index is 12.7. The van der Waals surface area contributed by atoms with Gasteiger partial charge in [0.15, 0.2) is 10.8 Å². The molecule has 0 spiro atoms. The van der Waals surface area contributed by atoms with Crippen LogP contribution in [0, 0.1) is 5.92 Å². The maximum Gasteiger partial charge on any atom is 0.414 e. The molecule has 3 heterocycles. The first-order valence-electron chi connectivity index (χ1n) is 8.06. The molecule has 3 rings (SSSR count). The summed E-state index contributed by atoms with van der Waals surface area (Å²) >= 11 is 6.06. The molecule has 0 saturated carbocycles. The third-order valence-electron chi connectivity index (χ3n) is 4.64. The van der Waals surface area contributed by atoms with Crippen molar-refractivity contribution in [3.8, 4) is 0 Å². The van der Waals surface area contributed by atoms with Crippen molar-refractivity contribution < 1.29 is 9.53 Å². The zero-order chi connectivity index (χ0) is 17.9. The van der Waals surface area contributed by atoms with Crippen molar-refractivity contribution in [1.82, 2.24) is 14.6 Å². The number of hydrogen-bond donors (Lipinski definition) is 0. The molecule has 0 saturated heterocycles. The highest BCUT2D eigenvalue weighted by atomic mass is 35.5. The molecule has 2 aromatic heterocycles. The zero-order valence-electron chi connectivity index (χ0n) is 14.9. The summed E-state index contributed by atoms with van der Waals surface area (Å²) in [6, 6.07) is 1.72. The summed E-state index contributed by atoms with van der Waals surface area (Å²) in [5, 5.41) is 4.75. The molecule has 1 aliphatic rings. The topological polar surface area (TPSA) is 59.7 Å². The molecule has 1 amide bonds. The number of nitrogens with zero attached hydrogens (tertiary/aromatic N) is 4. The first-order chi connectivity index (χ1) is 11.0. The summed E-state index contributed by atoms with van der Waals surface area (Å²) in [5.74, 6) is 0.214. The minimum absolute atomic E-state index is 0.190. The molecular formula is C17H23ClN4O2. The molecule has 1 unspecified atom stereocenters. The number of ether oxygens (including phenoxy) is 1. The van der Waals surface area contributed by atoms with E-state index in [-0.39, 0.29) is 17.4 Å². The van der Waals surface area contributed by atoms with Crippen molar-refractivity contribution in [2.45, 2.75) is 52.6 Å². The predicted molar refractivity (Wildman–Crippen MR) is 93.8 cm³/mol. The standard InChI is InChI=1S/C17H23ClN4O2/c1-10-9-21(15(23)24-16(2,3)4)11-8-19-13-7-12(18)20-22(13)14(11)17(10,5)6/h7-8,10H,9H2,1-6H3. The molecule has 1 atom stereocenters. The van der Waals surface area contributed by atoms with Crippen molar-refractivity contribution in [2.24, 2.45) is 5.92 Å². The summed E-state index contributed by atoms with van der Waals surface area (Å²) in [6.45, 7) is 12.6. The molecule has 0 aromatic carbocycles. The number of halogens is 1. The van der Waals surface area contributed by atoms with Crippen molar-refractivity contribution in [3.05, 3.63) is 23.1 Å². The van der Waals surface area contributed by atoms with E-state index in [1.54, 1.807) is 21.7 Å². The summed E-state index contributed by atoms with van der Waals surface area (Å²) in [6.07, 6.45) is 1.34. The Hall–Kier alpha value is -1.82. The summed E-state index contributed by atoms with van der Waals surface area (Å²) in [5.41, 5.74) is 1.57. The molecule has 0 N–H and O–H groups in total. The van der Waals surface area contributed by atoms with Crippen LogP contribution in [-0.2, 0) is 10.2 Å². The van der Waals surface area contributed by atoms with Gasteiger partial charge in [-0.2, -0.15) is 5.10 Å². The second-order valence-corrected chi connectivity index (χ2v) is 8.33. The molecular weight excluding hydrogens is 328 g/mol. The first-order valence-corrected chi connectivity index (χ1v) is 8.44. The van der Waals surface area contributed by atoms with Crippen LogP contribution in [0.2, 0.25) is 5.15 Å². The van der Waals surface area contributed by atoms with Crippen molar-refractivity contribution >= 4 is 29.0 Å². The van der Waals surface area contributed by atoms with Gasteiger partial charge in [-0.1, -0.05) is 32.4 Å². The number of rotatable bonds is 0. The van der Waals surface area contributed by atoms with Gasteiger partial charge >= 0.3 is 6.09 Å². The van der Waals surface area contributed by atoms with E-state index in [4.69, 9.17) is 16.3 Å². The number of carbonyl (C=O) groups excluding carboxylic acids is 1. The lowest BCUT2D eigenvalue weighted by atomic mass is 9.73. The third kappa shape index (κ3) is 2.73. The Morgan fingerprint density at radius 3 is 2.71 bits per heavy atom. The van der Waals surface area contributed by atoms with E-state index in [2.05, 4.69) is 30.9 Å². The number of aromatic nitrogens is 3. The quantitative estimate of drug-likeness (QED) is 0.719. The van der Waals surface area contributed by atoms with Gasteiger partial charge in [-0.15, -0.1) is 0 Å². The molecule has 0 fully saturated rings. The molecule has 7 heteroatoms. The summed E-state index contributed by atoms with van der Waals surface area (Å²) in [7, 11) is 0. The largest absolute Gasteiger partial charge is 0.443 e. The highest BCUT2D eigenvalue weighted by Crippen LogP contribution is 2.43. The van der Waals surface area contributed by atoms with E-state index in [1.807, 2.05) is 20.8 Å². The number of hydrogen-bond acceptors (Lipinski definition) is 4. The molecule has 0 aliphatic carbocycles. The fourth-order valence-corrected chi connectivity index (χ4v) is 3.19. The van der Waals surface area contributed by atoms with Gasteiger partial charge < -0.3 is 4.74 Å². The van der Waals surface area contributed by atoms with E-state index in [9.17, 15) is 4.79 Å². The Morgan fingerprint density at radius 1 is 1.42 bits per heavy atom. The van der Waals surface area contributed by atoms with Gasteiger partial charge in [0.05, 0.1) is 17.6 Å². The Bertz CT molecular complexity index is 807. The lowest BCUT2D eigenvalue weighted by molar-refractivity contribution is 0.0563. The van der Waals surface area contributed by atoms with Crippen molar-refractivity contribution in [2.75, 3.05) is 11.4 Å². The van der Waals surface area contributed by atoms with E-state index in [1.165, 1.54) is 0 Å². The van der Waals surface area contributed by atoms with Crippen LogP contribution >= 0.6 is 11.6 Å². The average molecular weight is 351 g/mol. The summed E-state index contributed by atoms with van der Waals surface area (Å²) in [4.78, 5) is 18.7. The highest BCUT2D eigenvalue weighted by molar-refractivity contribution is 6.29. The molecule has 24 heavy (non-hydrogen) atoms. The highest BCUT2D eigenvalue weighted by Gasteiger charge is 2.43. The number of amides is 1. The average Bonchev–Trinajstić information content (AvgIpc) is 2.80. The lowest BCUT2D eigenvalue weighted by Gasteiger charge is -2.43. The fourth-order valence-electron chi connectivity index (χ4n) is 3.02. The molecule has 1 aliphatic heterocycles. The Kier molecular flexibility index (Phi) is 3.79. The van der Waals surface area contributed by atoms with Crippen LogP contribution in [-0.4, -0.2) is 32.8 Å². The molecule has 0 bridgehead atoms. The van der Waals surface area contributed by atoms with Gasteiger partial charge in [-0.05, 0) is 26.7 Å². The van der Waals surface area contributed by atoms with Crippen LogP contribution in [0.4, 0.5) is 10.5 Å². The molecule has 130 valence electrons. The molecule has 6 nitrogen and oxygen atoms in total. The van der Waals surface area contributed by atoms with Crippen LogP contribution < -0.4 is 4.90 Å². The molecule has 0 radical (unpaired) electrons. The van der Waals surface area contributed by atoms with Crippen LogP contribution in [0.5, 0.6) is 0 Å². The lowest BCUT2D eigenvalue weighted by Crippen LogP contribution is -2.49. The number of anilines is 1. The predicted octanol–water partition coefficient (Wildman–Crippen LogP) is 4.05. The number of fused-ring (bicyclic) bond motifs is 3. The maximum absolute atomic E-state index is 12.7. The summed E-state index contributed by atoms with van der Waals surface area (Å²) < 4.78 is 7.31. The third-order valence-corrected chi connectivity index (χ3v) is 4.82. The number of carbonyl (C=O) groups is 1. The van der Waals surface area contributed by atoms with Crippen LogP contribution in [0.1, 0.15) is 47.2 Å². The Labute approximate surface area is 146 Å². The van der Waals surface area contributed by atoms with Crippen LogP contribution in [0.3, 0.4) is 0 Å². The van der Waals surface area contributed by atoms with Crippen LogP contribution in [0.25, 0.3) is 5.65 Å². The van der Waals surface area contributed by atoms with E-state index in [0.29, 0.717) is 17.3 Å². The van der Waals surface area contributed by atoms with Gasteiger partial charge in [0.1, 0.15) is 5.60 Å². The normalized spacial score (nSPS) is 20.1. The van der Waals surface area contributed by atoms with Gasteiger partial charge in [0.2, 0.25) is 0 Å². The van der Waals surface area contributed by atoms with E-state index in [0.717, 1.165) is 11.4 Å². The van der Waals surface area contributed by atoms with Gasteiger partial charge in [0, 0.05) is 18.0 Å². The van der Waals surface area contributed by atoms with Gasteiger partial charge in [0.25, 0.3) is 0 Å². The second kappa shape index (κ2) is 5.34. The first kappa shape index (κ1) is 17.0. The zero-order valence-corrected chi connectivity index (χ0v) is 15.7. The van der Waals surface area contributed by atoms with Crippen LogP contribution in [0.15, 0.2) is 12.3 Å². The second-order valence-electron chi connectivity index (χ2n) is 7.94. The smallest absolute Gasteiger partial charge is 0.414 e. The van der Waals surface area contributed by atoms with Crippen molar-refractivity contribution in [1.29, 1.82) is 0 Å². The Morgan fingerprint density at radius 2 is 2.08 bits per heavy atom. The Balaban J connectivity index is 2.18. The monoisotopic (exact) mass is 350 g/mol. The molecule has 2 aromatic rings. The minimum atomic E-state index is -0.556. The SMILES string of the molecule is CC1CN(C(=O)OC(C)(C)C)c2cnc3cc(Cl)nn3c2C1(C)C. The van der Waals surface area contributed by atoms with Gasteiger partial charge in [-0.25, -0.2) is 14.3 Å². The van der Waals surface area contributed by atoms with Crippen molar-refractivity contribution in [3.63, 3.8) is 0 Å². The fraction of sp³-hybridized carbons (Fsp3) is 0.588. The van der Waals surface area contributed by atoms with Gasteiger partial charge in [-0.3, -0.25) is 4.90 Å². The van der Waals surface area contributed by atoms with E-state index < -0.39 is 5.60 Å². The minimum Gasteiger partial charge on any atom is -0.443 e. The van der Waals surface area contributed by atoms with E-state index >= 15 is 0 Å².